The van der Waals surface area contributed by atoms with Gasteiger partial charge in [-0.1, -0.05) is 19.8 Å². The normalized spacial score (nSPS) is 44.4. The first-order valence-corrected chi connectivity index (χ1v) is 5.36. The molecule has 2 aliphatic rings. The molecule has 2 fully saturated rings. The molecule has 2 heteroatoms. The fourth-order valence-corrected chi connectivity index (χ4v) is 3.47. The zero-order valence-electron chi connectivity index (χ0n) is 8.25. The van der Waals surface area contributed by atoms with E-state index in [4.69, 9.17) is 0 Å². The largest absolute Gasteiger partial charge is 0.481 e. The van der Waals surface area contributed by atoms with Gasteiger partial charge in [0.2, 0.25) is 0 Å². The minimum atomic E-state index is -0.538. The van der Waals surface area contributed by atoms with E-state index >= 15 is 0 Å². The van der Waals surface area contributed by atoms with Gasteiger partial charge < -0.3 is 5.11 Å². The van der Waals surface area contributed by atoms with Crippen LogP contribution in [0.2, 0.25) is 0 Å². The summed E-state index contributed by atoms with van der Waals surface area (Å²) in [7, 11) is 0. The first-order chi connectivity index (χ1) is 6.12. The number of hydrogen-bond donors (Lipinski definition) is 1. The Kier molecular flexibility index (Phi) is 2.09. The number of carboxylic acid groups (broad SMARTS) is 1. The van der Waals surface area contributed by atoms with Gasteiger partial charge in [-0.2, -0.15) is 0 Å². The molecule has 74 valence electrons. The van der Waals surface area contributed by atoms with E-state index in [1.54, 1.807) is 0 Å². The lowest BCUT2D eigenvalue weighted by Gasteiger charge is -2.44. The predicted molar refractivity (Wildman–Crippen MR) is 50.4 cm³/mol. The van der Waals surface area contributed by atoms with Crippen LogP contribution >= 0.6 is 0 Å². The average molecular weight is 182 g/mol. The van der Waals surface area contributed by atoms with Gasteiger partial charge in [-0.05, 0) is 37.5 Å². The SMILES string of the molecule is CC1CC2CCCC(C(=O)O)(C1)C2. The van der Waals surface area contributed by atoms with Crippen molar-refractivity contribution in [1.82, 2.24) is 0 Å². The summed E-state index contributed by atoms with van der Waals surface area (Å²) >= 11 is 0. The van der Waals surface area contributed by atoms with Crippen LogP contribution in [-0.2, 0) is 4.79 Å². The van der Waals surface area contributed by atoms with E-state index in [0.717, 1.165) is 25.7 Å². The third-order valence-electron chi connectivity index (χ3n) is 3.88. The maximum atomic E-state index is 11.2. The van der Waals surface area contributed by atoms with Gasteiger partial charge >= 0.3 is 5.97 Å². The van der Waals surface area contributed by atoms with Crippen LogP contribution in [0.15, 0.2) is 0 Å². The zero-order valence-corrected chi connectivity index (χ0v) is 8.25. The average Bonchev–Trinajstić information content (AvgIpc) is 2.02. The van der Waals surface area contributed by atoms with Crippen LogP contribution in [0.25, 0.3) is 0 Å². The Morgan fingerprint density at radius 3 is 2.92 bits per heavy atom. The van der Waals surface area contributed by atoms with Gasteiger partial charge in [0, 0.05) is 0 Å². The molecule has 0 aromatic carbocycles. The summed E-state index contributed by atoms with van der Waals surface area (Å²) in [5.74, 6) is 0.785. The van der Waals surface area contributed by atoms with Crippen molar-refractivity contribution in [3.63, 3.8) is 0 Å². The molecule has 0 aliphatic heterocycles. The number of aliphatic carboxylic acids is 1. The van der Waals surface area contributed by atoms with E-state index in [1.807, 2.05) is 0 Å². The molecule has 2 bridgehead atoms. The second-order valence-corrected chi connectivity index (χ2v) is 5.09. The summed E-state index contributed by atoms with van der Waals surface area (Å²) in [6.45, 7) is 2.20. The van der Waals surface area contributed by atoms with E-state index in [1.165, 1.54) is 12.8 Å². The van der Waals surface area contributed by atoms with Crippen molar-refractivity contribution < 1.29 is 9.90 Å². The number of hydrogen-bond acceptors (Lipinski definition) is 1. The van der Waals surface area contributed by atoms with E-state index in [9.17, 15) is 9.90 Å². The van der Waals surface area contributed by atoms with E-state index in [-0.39, 0.29) is 5.41 Å². The van der Waals surface area contributed by atoms with Crippen LogP contribution < -0.4 is 0 Å². The lowest BCUT2D eigenvalue weighted by Crippen LogP contribution is -2.42. The van der Waals surface area contributed by atoms with Crippen LogP contribution in [0.3, 0.4) is 0 Å². The lowest BCUT2D eigenvalue weighted by atomic mass is 9.59. The van der Waals surface area contributed by atoms with Crippen molar-refractivity contribution in [3.05, 3.63) is 0 Å². The molecular formula is C11H18O2. The Morgan fingerprint density at radius 2 is 2.23 bits per heavy atom. The lowest BCUT2D eigenvalue weighted by molar-refractivity contribution is -0.156. The first kappa shape index (κ1) is 9.04. The molecule has 2 nitrogen and oxygen atoms in total. The summed E-state index contributed by atoms with van der Waals surface area (Å²) in [4.78, 5) is 11.2. The molecule has 0 saturated heterocycles. The molecule has 0 spiro atoms. The van der Waals surface area contributed by atoms with E-state index < -0.39 is 5.97 Å². The Balaban J connectivity index is 2.20. The molecule has 3 atom stereocenters. The van der Waals surface area contributed by atoms with Gasteiger partial charge in [0.25, 0.3) is 0 Å². The Hall–Kier alpha value is -0.530. The standard InChI is InChI=1S/C11H18O2/c1-8-5-9-3-2-4-11(6-8,7-9)10(12)13/h8-9H,2-7H2,1H3,(H,12,13). The van der Waals surface area contributed by atoms with Crippen molar-refractivity contribution in [2.75, 3.05) is 0 Å². The molecule has 0 aromatic rings. The number of rotatable bonds is 1. The summed E-state index contributed by atoms with van der Waals surface area (Å²) in [6, 6.07) is 0. The van der Waals surface area contributed by atoms with Gasteiger partial charge in [-0.25, -0.2) is 0 Å². The molecule has 3 unspecified atom stereocenters. The summed E-state index contributed by atoms with van der Waals surface area (Å²) in [5, 5.41) is 9.26. The van der Waals surface area contributed by atoms with Gasteiger partial charge in [0.1, 0.15) is 0 Å². The van der Waals surface area contributed by atoms with Crippen LogP contribution in [0, 0.1) is 17.3 Å². The van der Waals surface area contributed by atoms with Gasteiger partial charge in [-0.3, -0.25) is 4.79 Å². The number of carboxylic acids is 1. The van der Waals surface area contributed by atoms with E-state index in [0.29, 0.717) is 11.8 Å². The molecule has 2 rings (SSSR count). The van der Waals surface area contributed by atoms with Crippen molar-refractivity contribution in [2.24, 2.45) is 17.3 Å². The first-order valence-electron chi connectivity index (χ1n) is 5.36. The Morgan fingerprint density at radius 1 is 1.46 bits per heavy atom. The van der Waals surface area contributed by atoms with Gasteiger partial charge in [0.15, 0.2) is 0 Å². The maximum absolute atomic E-state index is 11.2. The molecular weight excluding hydrogens is 164 g/mol. The fourth-order valence-electron chi connectivity index (χ4n) is 3.47. The molecule has 0 aromatic heterocycles. The van der Waals surface area contributed by atoms with Gasteiger partial charge in [-0.15, -0.1) is 0 Å². The zero-order chi connectivity index (χ0) is 9.47. The molecule has 2 saturated carbocycles. The summed E-state index contributed by atoms with van der Waals surface area (Å²) < 4.78 is 0. The summed E-state index contributed by atoms with van der Waals surface area (Å²) in [5.41, 5.74) is -0.333. The highest BCUT2D eigenvalue weighted by atomic mass is 16.4. The molecule has 1 N–H and O–H groups in total. The van der Waals surface area contributed by atoms with Crippen LogP contribution in [0.5, 0.6) is 0 Å². The second-order valence-electron chi connectivity index (χ2n) is 5.09. The highest BCUT2D eigenvalue weighted by Gasteiger charge is 2.46. The minimum Gasteiger partial charge on any atom is -0.481 e. The third-order valence-corrected chi connectivity index (χ3v) is 3.88. The van der Waals surface area contributed by atoms with Crippen molar-refractivity contribution >= 4 is 5.97 Å². The number of carbonyl (C=O) groups is 1. The Labute approximate surface area is 79.3 Å². The predicted octanol–water partition coefficient (Wildman–Crippen LogP) is 2.68. The van der Waals surface area contributed by atoms with Crippen LogP contribution in [0.1, 0.15) is 45.4 Å². The maximum Gasteiger partial charge on any atom is 0.309 e. The quantitative estimate of drug-likeness (QED) is 0.677. The Bertz CT molecular complexity index is 220. The molecule has 0 amide bonds. The monoisotopic (exact) mass is 182 g/mol. The van der Waals surface area contributed by atoms with Crippen molar-refractivity contribution in [3.8, 4) is 0 Å². The molecule has 0 heterocycles. The van der Waals surface area contributed by atoms with Crippen LogP contribution in [-0.4, -0.2) is 11.1 Å². The second kappa shape index (κ2) is 3.00. The topological polar surface area (TPSA) is 37.3 Å². The molecule has 0 radical (unpaired) electrons. The smallest absolute Gasteiger partial charge is 0.309 e. The van der Waals surface area contributed by atoms with Crippen molar-refractivity contribution in [2.45, 2.75) is 45.4 Å². The van der Waals surface area contributed by atoms with Gasteiger partial charge in [0.05, 0.1) is 5.41 Å². The summed E-state index contributed by atoms with van der Waals surface area (Å²) in [6.07, 6.45) is 6.44. The highest BCUT2D eigenvalue weighted by Crippen LogP contribution is 2.50. The third kappa shape index (κ3) is 1.47. The molecule has 2 aliphatic carbocycles. The van der Waals surface area contributed by atoms with Crippen LogP contribution in [0.4, 0.5) is 0 Å². The van der Waals surface area contributed by atoms with Crippen molar-refractivity contribution in [1.29, 1.82) is 0 Å². The fraction of sp³-hybridized carbons (Fsp3) is 0.909. The van der Waals surface area contributed by atoms with E-state index in [2.05, 4.69) is 6.92 Å². The molecule has 13 heavy (non-hydrogen) atoms. The highest BCUT2D eigenvalue weighted by molar-refractivity contribution is 5.75. The number of fused-ring (bicyclic) bond motifs is 2. The minimum absolute atomic E-state index is 0.333.